The molecule has 4 nitrogen and oxygen atoms in total. The number of hydrogen-bond acceptors (Lipinski definition) is 3. The van der Waals surface area contributed by atoms with Gasteiger partial charge in [0.25, 0.3) is 5.91 Å². The lowest BCUT2D eigenvalue weighted by Gasteiger charge is -2.13. The summed E-state index contributed by atoms with van der Waals surface area (Å²) in [6, 6.07) is 14.8. The summed E-state index contributed by atoms with van der Waals surface area (Å²) in [4.78, 5) is 23.7. The number of nitrogens with one attached hydrogen (secondary N) is 1. The molecule has 0 aromatic heterocycles. The fourth-order valence-electron chi connectivity index (χ4n) is 1.83. The van der Waals surface area contributed by atoms with Gasteiger partial charge in [0, 0.05) is 6.54 Å². The average Bonchev–Trinajstić information content (AvgIpc) is 2.53. The van der Waals surface area contributed by atoms with Gasteiger partial charge in [0.1, 0.15) is 5.82 Å². The van der Waals surface area contributed by atoms with Crippen LogP contribution < -0.4 is 5.32 Å². The standard InChI is InChI=1S/C17H16FNO3/c1-12(16(20)19-11-13-7-3-2-4-8-13)22-17(21)14-9-5-6-10-15(14)18/h2-10,12H,11H2,1H3,(H,19,20)/t12-/m0/s1. The van der Waals surface area contributed by atoms with E-state index in [0.717, 1.165) is 11.6 Å². The number of amides is 1. The predicted octanol–water partition coefficient (Wildman–Crippen LogP) is 2.69. The number of esters is 1. The van der Waals surface area contributed by atoms with E-state index in [9.17, 15) is 14.0 Å². The third kappa shape index (κ3) is 4.15. The van der Waals surface area contributed by atoms with Crippen molar-refractivity contribution in [2.75, 3.05) is 0 Å². The molecule has 2 aromatic rings. The van der Waals surface area contributed by atoms with Gasteiger partial charge in [-0.15, -0.1) is 0 Å². The maximum absolute atomic E-state index is 13.5. The highest BCUT2D eigenvalue weighted by molar-refractivity contribution is 5.92. The molecule has 2 rings (SSSR count). The minimum absolute atomic E-state index is 0.190. The topological polar surface area (TPSA) is 55.4 Å². The molecular weight excluding hydrogens is 285 g/mol. The summed E-state index contributed by atoms with van der Waals surface area (Å²) in [6.07, 6.45) is -1.00. The first-order valence-electron chi connectivity index (χ1n) is 6.85. The Morgan fingerprint density at radius 3 is 2.41 bits per heavy atom. The zero-order valence-electron chi connectivity index (χ0n) is 12.1. The molecule has 0 radical (unpaired) electrons. The van der Waals surface area contributed by atoms with Crippen LogP contribution in [0.4, 0.5) is 4.39 Å². The highest BCUT2D eigenvalue weighted by Gasteiger charge is 2.20. The Morgan fingerprint density at radius 1 is 1.09 bits per heavy atom. The first-order chi connectivity index (χ1) is 10.6. The Kier molecular flexibility index (Phi) is 5.25. The maximum atomic E-state index is 13.5. The van der Waals surface area contributed by atoms with Crippen molar-refractivity contribution in [1.29, 1.82) is 0 Å². The van der Waals surface area contributed by atoms with E-state index in [2.05, 4.69) is 5.32 Å². The molecule has 2 aromatic carbocycles. The lowest BCUT2D eigenvalue weighted by molar-refractivity contribution is -0.129. The number of rotatable bonds is 5. The summed E-state index contributed by atoms with van der Waals surface area (Å²) in [6.45, 7) is 1.78. The van der Waals surface area contributed by atoms with Gasteiger partial charge in [-0.05, 0) is 24.6 Å². The van der Waals surface area contributed by atoms with E-state index >= 15 is 0 Å². The van der Waals surface area contributed by atoms with E-state index in [4.69, 9.17) is 4.74 Å². The molecule has 22 heavy (non-hydrogen) atoms. The second-order valence-corrected chi connectivity index (χ2v) is 4.73. The maximum Gasteiger partial charge on any atom is 0.341 e. The molecule has 0 aliphatic carbocycles. The molecule has 0 spiro atoms. The lowest BCUT2D eigenvalue weighted by atomic mass is 10.2. The minimum atomic E-state index is -1.00. The van der Waals surface area contributed by atoms with Crippen molar-refractivity contribution in [1.82, 2.24) is 5.32 Å². The summed E-state index contributed by atoms with van der Waals surface area (Å²) in [7, 11) is 0. The normalized spacial score (nSPS) is 11.5. The summed E-state index contributed by atoms with van der Waals surface area (Å²) in [5, 5.41) is 2.66. The van der Waals surface area contributed by atoms with Crippen LogP contribution in [-0.4, -0.2) is 18.0 Å². The number of ether oxygens (including phenoxy) is 1. The number of benzene rings is 2. The SMILES string of the molecule is C[C@H](OC(=O)c1ccccc1F)C(=O)NCc1ccccc1. The molecule has 1 atom stereocenters. The van der Waals surface area contributed by atoms with Crippen LogP contribution in [0.5, 0.6) is 0 Å². The Bertz CT molecular complexity index is 658. The third-order valence-electron chi connectivity index (χ3n) is 3.06. The summed E-state index contributed by atoms with van der Waals surface area (Å²) >= 11 is 0. The van der Waals surface area contributed by atoms with Crippen LogP contribution in [0.3, 0.4) is 0 Å². The molecule has 1 amide bonds. The van der Waals surface area contributed by atoms with Crippen molar-refractivity contribution >= 4 is 11.9 Å². The van der Waals surface area contributed by atoms with E-state index in [1.165, 1.54) is 25.1 Å². The van der Waals surface area contributed by atoms with Gasteiger partial charge in [-0.3, -0.25) is 4.79 Å². The zero-order chi connectivity index (χ0) is 15.9. The molecule has 0 saturated carbocycles. The van der Waals surface area contributed by atoms with Gasteiger partial charge in [0.05, 0.1) is 5.56 Å². The molecule has 0 saturated heterocycles. The van der Waals surface area contributed by atoms with Crippen LogP contribution in [0.1, 0.15) is 22.8 Å². The largest absolute Gasteiger partial charge is 0.449 e. The van der Waals surface area contributed by atoms with E-state index in [-0.39, 0.29) is 5.56 Å². The van der Waals surface area contributed by atoms with Crippen LogP contribution in [0, 0.1) is 5.82 Å². The number of carbonyl (C=O) groups is 2. The molecule has 0 bridgehead atoms. The van der Waals surface area contributed by atoms with Crippen molar-refractivity contribution in [2.24, 2.45) is 0 Å². The predicted molar refractivity (Wildman–Crippen MR) is 79.6 cm³/mol. The Labute approximate surface area is 127 Å². The first-order valence-corrected chi connectivity index (χ1v) is 6.85. The number of halogens is 1. The van der Waals surface area contributed by atoms with Crippen molar-refractivity contribution in [3.63, 3.8) is 0 Å². The number of hydrogen-bond donors (Lipinski definition) is 1. The van der Waals surface area contributed by atoms with Gasteiger partial charge < -0.3 is 10.1 Å². The molecule has 0 unspecified atom stereocenters. The van der Waals surface area contributed by atoms with E-state index < -0.39 is 23.8 Å². The first kappa shape index (κ1) is 15.7. The van der Waals surface area contributed by atoms with E-state index in [1.807, 2.05) is 30.3 Å². The van der Waals surface area contributed by atoms with Crippen LogP contribution in [0.2, 0.25) is 0 Å². The average molecular weight is 301 g/mol. The quantitative estimate of drug-likeness (QED) is 0.864. The van der Waals surface area contributed by atoms with Crippen LogP contribution in [0.15, 0.2) is 54.6 Å². The molecule has 1 N–H and O–H groups in total. The van der Waals surface area contributed by atoms with E-state index in [1.54, 1.807) is 0 Å². The van der Waals surface area contributed by atoms with Gasteiger partial charge in [-0.25, -0.2) is 9.18 Å². The van der Waals surface area contributed by atoms with Crippen molar-refractivity contribution in [2.45, 2.75) is 19.6 Å². The van der Waals surface area contributed by atoms with Gasteiger partial charge >= 0.3 is 5.97 Å². The van der Waals surface area contributed by atoms with Gasteiger partial charge in [0.15, 0.2) is 6.10 Å². The lowest BCUT2D eigenvalue weighted by Crippen LogP contribution is -2.35. The summed E-state index contributed by atoms with van der Waals surface area (Å²) in [5.41, 5.74) is 0.744. The van der Waals surface area contributed by atoms with Crippen LogP contribution >= 0.6 is 0 Å². The molecular formula is C17H16FNO3. The summed E-state index contributed by atoms with van der Waals surface area (Å²) < 4.78 is 18.4. The molecule has 0 aliphatic rings. The van der Waals surface area contributed by atoms with Crippen LogP contribution in [0.25, 0.3) is 0 Å². The van der Waals surface area contributed by atoms with Crippen molar-refractivity contribution < 1.29 is 18.7 Å². The minimum Gasteiger partial charge on any atom is -0.449 e. The van der Waals surface area contributed by atoms with Crippen molar-refractivity contribution in [3.8, 4) is 0 Å². The van der Waals surface area contributed by atoms with Gasteiger partial charge in [-0.2, -0.15) is 0 Å². The monoisotopic (exact) mass is 301 g/mol. The molecule has 0 fully saturated rings. The second-order valence-electron chi connectivity index (χ2n) is 4.73. The highest BCUT2D eigenvalue weighted by Crippen LogP contribution is 2.09. The van der Waals surface area contributed by atoms with Crippen molar-refractivity contribution in [3.05, 3.63) is 71.5 Å². The van der Waals surface area contributed by atoms with Gasteiger partial charge in [-0.1, -0.05) is 42.5 Å². The Hall–Kier alpha value is -2.69. The zero-order valence-corrected chi connectivity index (χ0v) is 12.1. The fraction of sp³-hybridized carbons (Fsp3) is 0.176. The van der Waals surface area contributed by atoms with Crippen LogP contribution in [-0.2, 0) is 16.1 Å². The molecule has 5 heteroatoms. The van der Waals surface area contributed by atoms with E-state index in [0.29, 0.717) is 6.54 Å². The van der Waals surface area contributed by atoms with Gasteiger partial charge in [0.2, 0.25) is 0 Å². The Balaban J connectivity index is 1.89. The summed E-state index contributed by atoms with van der Waals surface area (Å²) in [5.74, 6) is -1.97. The molecule has 114 valence electrons. The Morgan fingerprint density at radius 2 is 1.73 bits per heavy atom. The second kappa shape index (κ2) is 7.36. The number of carbonyl (C=O) groups excluding carboxylic acids is 2. The highest BCUT2D eigenvalue weighted by atomic mass is 19.1. The smallest absolute Gasteiger partial charge is 0.341 e. The molecule has 0 aliphatic heterocycles. The molecule has 0 heterocycles. The third-order valence-corrected chi connectivity index (χ3v) is 3.06. The fourth-order valence-corrected chi connectivity index (χ4v) is 1.83.